The van der Waals surface area contributed by atoms with Crippen molar-refractivity contribution < 1.29 is 9.47 Å². The van der Waals surface area contributed by atoms with Gasteiger partial charge in [0.25, 0.3) is 0 Å². The minimum Gasteiger partial charge on any atom is -0.378 e. The van der Waals surface area contributed by atoms with E-state index in [1.807, 2.05) is 0 Å². The molecule has 2 heteroatoms. The van der Waals surface area contributed by atoms with E-state index in [4.69, 9.17) is 9.47 Å². The molecule has 0 bridgehead atoms. The van der Waals surface area contributed by atoms with Crippen molar-refractivity contribution in [3.05, 3.63) is 0 Å². The Morgan fingerprint density at radius 1 is 0.824 bits per heavy atom. The lowest BCUT2D eigenvalue weighted by Crippen LogP contribution is -2.45. The zero-order chi connectivity index (χ0) is 12.5. The van der Waals surface area contributed by atoms with Gasteiger partial charge in [-0.05, 0) is 36.5 Å². The first-order chi connectivity index (χ1) is 7.92. The van der Waals surface area contributed by atoms with Gasteiger partial charge in [-0.25, -0.2) is 0 Å². The normalized spacial score (nSPS) is 36.7. The highest BCUT2D eigenvalue weighted by Gasteiger charge is 2.40. The standard InChI is InChI=1S/C15H28O2/c1-14(2)7-5-9-16-12(14)11-13-15(3,4)8-6-10-17-13/h12-13H,5-11H2,1-4H3/t12-,13+. The highest BCUT2D eigenvalue weighted by atomic mass is 16.5. The van der Waals surface area contributed by atoms with Gasteiger partial charge in [-0.2, -0.15) is 0 Å². The monoisotopic (exact) mass is 240 g/mol. The second-order valence-electron chi connectivity index (χ2n) is 7.14. The van der Waals surface area contributed by atoms with Crippen molar-refractivity contribution >= 4 is 0 Å². The molecule has 2 aliphatic heterocycles. The minimum absolute atomic E-state index is 0.315. The van der Waals surface area contributed by atoms with Gasteiger partial charge in [-0.15, -0.1) is 0 Å². The van der Waals surface area contributed by atoms with E-state index in [2.05, 4.69) is 27.7 Å². The van der Waals surface area contributed by atoms with Crippen LogP contribution in [0, 0.1) is 10.8 Å². The molecular weight excluding hydrogens is 212 g/mol. The summed E-state index contributed by atoms with van der Waals surface area (Å²) in [6.07, 6.45) is 6.80. The molecule has 0 unspecified atom stereocenters. The largest absolute Gasteiger partial charge is 0.378 e. The molecule has 0 spiro atoms. The van der Waals surface area contributed by atoms with E-state index in [1.54, 1.807) is 0 Å². The van der Waals surface area contributed by atoms with E-state index in [-0.39, 0.29) is 0 Å². The maximum atomic E-state index is 6.01. The molecule has 2 heterocycles. The van der Waals surface area contributed by atoms with Gasteiger partial charge >= 0.3 is 0 Å². The molecule has 0 N–H and O–H groups in total. The lowest BCUT2D eigenvalue weighted by molar-refractivity contribution is -0.133. The van der Waals surface area contributed by atoms with Crippen molar-refractivity contribution in [3.8, 4) is 0 Å². The van der Waals surface area contributed by atoms with Crippen LogP contribution in [0.3, 0.4) is 0 Å². The molecule has 2 fully saturated rings. The van der Waals surface area contributed by atoms with Gasteiger partial charge in [-0.1, -0.05) is 27.7 Å². The Labute approximate surface area is 106 Å². The first-order valence-electron chi connectivity index (χ1n) is 7.15. The van der Waals surface area contributed by atoms with Crippen LogP contribution in [0.5, 0.6) is 0 Å². The Morgan fingerprint density at radius 2 is 1.24 bits per heavy atom. The average molecular weight is 240 g/mol. The summed E-state index contributed by atoms with van der Waals surface area (Å²) in [5.41, 5.74) is 0.629. The number of ether oxygens (including phenoxy) is 2. The molecule has 2 rings (SSSR count). The lowest BCUT2D eigenvalue weighted by atomic mass is 9.72. The molecular formula is C15H28O2. The van der Waals surface area contributed by atoms with Crippen LogP contribution in [0.1, 0.15) is 59.8 Å². The maximum absolute atomic E-state index is 6.01. The van der Waals surface area contributed by atoms with Crippen molar-refractivity contribution in [1.29, 1.82) is 0 Å². The van der Waals surface area contributed by atoms with Crippen LogP contribution < -0.4 is 0 Å². The van der Waals surface area contributed by atoms with Crippen molar-refractivity contribution in [3.63, 3.8) is 0 Å². The summed E-state index contributed by atoms with van der Waals surface area (Å²) in [6.45, 7) is 11.2. The number of hydrogen-bond acceptors (Lipinski definition) is 2. The topological polar surface area (TPSA) is 18.5 Å². The van der Waals surface area contributed by atoms with E-state index < -0.39 is 0 Å². The van der Waals surface area contributed by atoms with Crippen molar-refractivity contribution in [2.75, 3.05) is 13.2 Å². The van der Waals surface area contributed by atoms with Crippen LogP contribution in [0.2, 0.25) is 0 Å². The Hall–Kier alpha value is -0.0800. The second kappa shape index (κ2) is 4.89. The summed E-state index contributed by atoms with van der Waals surface area (Å²) in [5, 5.41) is 0. The SMILES string of the molecule is CC1(C)CCCO[C@H]1C[C@H]1OCCCC1(C)C. The van der Waals surface area contributed by atoms with E-state index >= 15 is 0 Å². The molecule has 0 aromatic rings. The molecule has 0 saturated carbocycles. The van der Waals surface area contributed by atoms with E-state index in [0.717, 1.165) is 19.6 Å². The van der Waals surface area contributed by atoms with Gasteiger partial charge in [0.05, 0.1) is 12.2 Å². The fourth-order valence-electron chi connectivity index (χ4n) is 3.25. The van der Waals surface area contributed by atoms with E-state index in [9.17, 15) is 0 Å². The molecule has 2 atom stereocenters. The summed E-state index contributed by atoms with van der Waals surface area (Å²) in [4.78, 5) is 0. The fourth-order valence-corrected chi connectivity index (χ4v) is 3.25. The third kappa shape index (κ3) is 3.03. The summed E-state index contributed by atoms with van der Waals surface area (Å²) in [5.74, 6) is 0. The lowest BCUT2D eigenvalue weighted by Gasteiger charge is -2.45. The molecule has 0 aromatic carbocycles. The van der Waals surface area contributed by atoms with E-state index in [1.165, 1.54) is 25.7 Å². The van der Waals surface area contributed by atoms with Gasteiger partial charge in [0, 0.05) is 19.6 Å². The zero-order valence-electron chi connectivity index (χ0n) is 11.9. The van der Waals surface area contributed by atoms with Crippen molar-refractivity contribution in [1.82, 2.24) is 0 Å². The molecule has 17 heavy (non-hydrogen) atoms. The van der Waals surface area contributed by atoms with Crippen LogP contribution in [0.4, 0.5) is 0 Å². The first kappa shape index (κ1) is 13.4. The van der Waals surface area contributed by atoms with Crippen LogP contribution in [0.15, 0.2) is 0 Å². The Bertz CT molecular complexity index is 232. The molecule has 0 aliphatic carbocycles. The summed E-state index contributed by atoms with van der Waals surface area (Å²) in [7, 11) is 0. The van der Waals surface area contributed by atoms with Gasteiger partial charge < -0.3 is 9.47 Å². The Morgan fingerprint density at radius 3 is 1.59 bits per heavy atom. The average Bonchev–Trinajstić information content (AvgIpc) is 2.23. The van der Waals surface area contributed by atoms with Gasteiger partial charge in [0.1, 0.15) is 0 Å². The van der Waals surface area contributed by atoms with Crippen molar-refractivity contribution in [2.24, 2.45) is 10.8 Å². The smallest absolute Gasteiger partial charge is 0.0650 e. The van der Waals surface area contributed by atoms with Crippen LogP contribution in [-0.4, -0.2) is 25.4 Å². The fraction of sp³-hybridized carbons (Fsp3) is 1.00. The Kier molecular flexibility index (Phi) is 3.84. The van der Waals surface area contributed by atoms with Gasteiger partial charge in [-0.3, -0.25) is 0 Å². The molecule has 0 radical (unpaired) electrons. The highest BCUT2D eigenvalue weighted by Crippen LogP contribution is 2.41. The maximum Gasteiger partial charge on any atom is 0.0650 e. The molecule has 0 amide bonds. The van der Waals surface area contributed by atoms with Gasteiger partial charge in [0.15, 0.2) is 0 Å². The zero-order valence-corrected chi connectivity index (χ0v) is 11.9. The summed E-state index contributed by atoms with van der Waals surface area (Å²) >= 11 is 0. The number of rotatable bonds is 2. The molecule has 2 nitrogen and oxygen atoms in total. The van der Waals surface area contributed by atoms with Crippen molar-refractivity contribution in [2.45, 2.75) is 72.0 Å². The predicted molar refractivity (Wildman–Crippen MR) is 70.1 cm³/mol. The molecule has 0 aromatic heterocycles. The summed E-state index contributed by atoms with van der Waals surface area (Å²) < 4.78 is 12.0. The first-order valence-corrected chi connectivity index (χ1v) is 7.15. The number of hydrogen-bond donors (Lipinski definition) is 0. The molecule has 2 saturated heterocycles. The summed E-state index contributed by atoms with van der Waals surface area (Å²) in [6, 6.07) is 0. The van der Waals surface area contributed by atoms with Crippen LogP contribution >= 0.6 is 0 Å². The minimum atomic E-state index is 0.315. The third-order valence-electron chi connectivity index (χ3n) is 4.74. The molecule has 2 aliphatic rings. The Balaban J connectivity index is 1.99. The third-order valence-corrected chi connectivity index (χ3v) is 4.74. The second-order valence-corrected chi connectivity index (χ2v) is 7.14. The van der Waals surface area contributed by atoms with Gasteiger partial charge in [0.2, 0.25) is 0 Å². The molecule has 100 valence electrons. The van der Waals surface area contributed by atoms with Crippen LogP contribution in [0.25, 0.3) is 0 Å². The quantitative estimate of drug-likeness (QED) is 0.731. The van der Waals surface area contributed by atoms with Crippen LogP contribution in [-0.2, 0) is 9.47 Å². The highest BCUT2D eigenvalue weighted by molar-refractivity contribution is 4.90. The van der Waals surface area contributed by atoms with E-state index in [0.29, 0.717) is 23.0 Å². The predicted octanol–water partition coefficient (Wildman–Crippen LogP) is 3.79.